The molecule has 102 valence electrons. The molecule has 2 aromatic carbocycles. The number of fused-ring (bicyclic) bond motifs is 3. The third-order valence-corrected chi connectivity index (χ3v) is 3.92. The number of hydrogen-bond acceptors (Lipinski definition) is 2. The van der Waals surface area contributed by atoms with Crippen LogP contribution in [-0.4, -0.2) is 12.9 Å². The summed E-state index contributed by atoms with van der Waals surface area (Å²) in [5, 5.41) is 0. The lowest BCUT2D eigenvalue weighted by molar-refractivity contribution is -0.116. The quantitative estimate of drug-likeness (QED) is 0.718. The summed E-state index contributed by atoms with van der Waals surface area (Å²) in [5.41, 5.74) is 6.55. The number of hydrogen-bond donors (Lipinski definition) is 0. The summed E-state index contributed by atoms with van der Waals surface area (Å²) < 4.78 is 5.29. The maximum absolute atomic E-state index is 11.1. The summed E-state index contributed by atoms with van der Waals surface area (Å²) in [6.45, 7) is 1.65. The second-order valence-electron chi connectivity index (χ2n) is 5.39. The fraction of sp³-hybridized carbons (Fsp3) is 0.278. The molecular formula is C18H18O2. The highest BCUT2D eigenvalue weighted by Crippen LogP contribution is 2.38. The van der Waals surface area contributed by atoms with E-state index in [1.807, 2.05) is 6.07 Å². The van der Waals surface area contributed by atoms with Gasteiger partial charge in [-0.3, -0.25) is 0 Å². The van der Waals surface area contributed by atoms with Crippen molar-refractivity contribution in [1.29, 1.82) is 0 Å². The van der Waals surface area contributed by atoms with Gasteiger partial charge < -0.3 is 9.53 Å². The average molecular weight is 266 g/mol. The smallest absolute Gasteiger partial charge is 0.130 e. The Balaban J connectivity index is 1.90. The van der Waals surface area contributed by atoms with E-state index >= 15 is 0 Å². The van der Waals surface area contributed by atoms with Crippen LogP contribution in [0.15, 0.2) is 36.4 Å². The zero-order chi connectivity index (χ0) is 14.1. The first kappa shape index (κ1) is 12.9. The number of carbonyl (C=O) groups is 1. The molecule has 1 aliphatic rings. The van der Waals surface area contributed by atoms with Crippen LogP contribution in [-0.2, 0) is 17.6 Å². The van der Waals surface area contributed by atoms with Gasteiger partial charge in [-0.2, -0.15) is 0 Å². The van der Waals surface area contributed by atoms with E-state index in [-0.39, 0.29) is 5.78 Å². The largest absolute Gasteiger partial charge is 0.497 e. The maximum atomic E-state index is 11.1. The zero-order valence-electron chi connectivity index (χ0n) is 11.9. The molecule has 0 saturated carbocycles. The van der Waals surface area contributed by atoms with Crippen LogP contribution in [0.4, 0.5) is 0 Å². The Bertz CT molecular complexity index is 671. The molecule has 0 aliphatic heterocycles. The monoisotopic (exact) mass is 266 g/mol. The maximum Gasteiger partial charge on any atom is 0.130 e. The summed E-state index contributed by atoms with van der Waals surface area (Å²) in [6.07, 6.45) is 2.41. The van der Waals surface area contributed by atoms with Gasteiger partial charge >= 0.3 is 0 Å². The predicted octanol–water partition coefficient (Wildman–Crippen LogP) is 3.79. The van der Waals surface area contributed by atoms with Crippen LogP contribution in [0, 0.1) is 0 Å². The Morgan fingerprint density at radius 2 is 1.80 bits per heavy atom. The molecule has 0 N–H and O–H groups in total. The summed E-state index contributed by atoms with van der Waals surface area (Å²) in [6, 6.07) is 12.8. The molecule has 0 unspecified atom stereocenters. The van der Waals surface area contributed by atoms with E-state index in [0.717, 1.165) is 18.6 Å². The van der Waals surface area contributed by atoms with Crippen molar-refractivity contribution in [3.63, 3.8) is 0 Å². The van der Waals surface area contributed by atoms with Crippen molar-refractivity contribution in [2.24, 2.45) is 0 Å². The van der Waals surface area contributed by atoms with Gasteiger partial charge in [-0.05, 0) is 59.7 Å². The van der Waals surface area contributed by atoms with Gasteiger partial charge in [-0.1, -0.05) is 24.3 Å². The molecule has 0 saturated heterocycles. The Hall–Kier alpha value is -2.09. The molecule has 1 aliphatic carbocycles. The molecule has 2 nitrogen and oxygen atoms in total. The van der Waals surface area contributed by atoms with Gasteiger partial charge in [0.25, 0.3) is 0 Å². The van der Waals surface area contributed by atoms with E-state index in [0.29, 0.717) is 6.42 Å². The zero-order valence-corrected chi connectivity index (χ0v) is 11.9. The van der Waals surface area contributed by atoms with E-state index in [1.54, 1.807) is 14.0 Å². The van der Waals surface area contributed by atoms with Crippen molar-refractivity contribution in [2.75, 3.05) is 7.11 Å². The molecule has 2 aromatic rings. The number of benzene rings is 2. The van der Waals surface area contributed by atoms with Crippen molar-refractivity contribution >= 4 is 5.78 Å². The Labute approximate surface area is 119 Å². The van der Waals surface area contributed by atoms with Crippen LogP contribution < -0.4 is 4.74 Å². The second kappa shape index (κ2) is 5.12. The van der Waals surface area contributed by atoms with E-state index in [4.69, 9.17) is 4.74 Å². The fourth-order valence-corrected chi connectivity index (χ4v) is 2.84. The van der Waals surface area contributed by atoms with Crippen LogP contribution in [0.5, 0.6) is 5.75 Å². The molecule has 3 rings (SSSR count). The van der Waals surface area contributed by atoms with E-state index in [2.05, 4.69) is 30.3 Å². The van der Waals surface area contributed by atoms with Crippen LogP contribution >= 0.6 is 0 Å². The van der Waals surface area contributed by atoms with Crippen LogP contribution in [0.1, 0.15) is 30.0 Å². The lowest BCUT2D eigenvalue weighted by atomic mass is 10.0. The SMILES string of the molecule is COc1ccc2c(c1)Cc1cc(CCC(C)=O)ccc1-2. The lowest BCUT2D eigenvalue weighted by Crippen LogP contribution is -1.94. The first-order valence-corrected chi connectivity index (χ1v) is 6.96. The Morgan fingerprint density at radius 3 is 2.50 bits per heavy atom. The third-order valence-electron chi connectivity index (χ3n) is 3.92. The Morgan fingerprint density at radius 1 is 1.10 bits per heavy atom. The molecule has 0 heterocycles. The van der Waals surface area contributed by atoms with Gasteiger partial charge in [0, 0.05) is 6.42 Å². The van der Waals surface area contributed by atoms with Crippen molar-refractivity contribution in [2.45, 2.75) is 26.2 Å². The molecule has 0 atom stereocenters. The number of carbonyl (C=O) groups excluding carboxylic acids is 1. The highest BCUT2D eigenvalue weighted by atomic mass is 16.5. The van der Waals surface area contributed by atoms with Gasteiger partial charge in [-0.25, -0.2) is 0 Å². The summed E-state index contributed by atoms with van der Waals surface area (Å²) in [4.78, 5) is 11.1. The third kappa shape index (κ3) is 2.34. The van der Waals surface area contributed by atoms with E-state index in [1.165, 1.54) is 27.8 Å². The highest BCUT2D eigenvalue weighted by Gasteiger charge is 2.19. The molecule has 0 spiro atoms. The molecule has 0 bridgehead atoms. The minimum absolute atomic E-state index is 0.249. The molecular weight excluding hydrogens is 248 g/mol. The number of ketones is 1. The summed E-state index contributed by atoms with van der Waals surface area (Å²) in [5.74, 6) is 1.16. The first-order valence-electron chi connectivity index (χ1n) is 6.96. The second-order valence-corrected chi connectivity index (χ2v) is 5.39. The molecule has 2 heteroatoms. The van der Waals surface area contributed by atoms with Gasteiger partial charge in [-0.15, -0.1) is 0 Å². The number of rotatable bonds is 4. The van der Waals surface area contributed by atoms with Gasteiger partial charge in [0.15, 0.2) is 0 Å². The van der Waals surface area contributed by atoms with Gasteiger partial charge in [0.05, 0.1) is 7.11 Å². The molecule has 0 aromatic heterocycles. The normalized spacial score (nSPS) is 11.9. The van der Waals surface area contributed by atoms with Gasteiger partial charge in [0.2, 0.25) is 0 Å². The standard InChI is InChI=1S/C18H18O2/c1-12(19)3-4-13-5-7-17-14(9-13)10-15-11-16(20-2)6-8-18(15)17/h5-9,11H,3-4,10H2,1-2H3. The molecule has 20 heavy (non-hydrogen) atoms. The van der Waals surface area contributed by atoms with E-state index in [9.17, 15) is 4.79 Å². The van der Waals surface area contributed by atoms with E-state index < -0.39 is 0 Å². The first-order chi connectivity index (χ1) is 9.67. The lowest BCUT2D eigenvalue weighted by Gasteiger charge is -2.05. The van der Waals surface area contributed by atoms with Crippen LogP contribution in [0.3, 0.4) is 0 Å². The Kier molecular flexibility index (Phi) is 3.31. The minimum Gasteiger partial charge on any atom is -0.497 e. The average Bonchev–Trinajstić information content (AvgIpc) is 2.81. The highest BCUT2D eigenvalue weighted by molar-refractivity contribution is 5.78. The summed E-state index contributed by atoms with van der Waals surface area (Å²) >= 11 is 0. The fourth-order valence-electron chi connectivity index (χ4n) is 2.84. The van der Waals surface area contributed by atoms with Crippen molar-refractivity contribution in [1.82, 2.24) is 0 Å². The van der Waals surface area contributed by atoms with Gasteiger partial charge in [0.1, 0.15) is 11.5 Å². The molecule has 0 radical (unpaired) electrons. The van der Waals surface area contributed by atoms with Crippen LogP contribution in [0.2, 0.25) is 0 Å². The van der Waals surface area contributed by atoms with Crippen molar-refractivity contribution < 1.29 is 9.53 Å². The minimum atomic E-state index is 0.249. The topological polar surface area (TPSA) is 26.3 Å². The predicted molar refractivity (Wildman–Crippen MR) is 80.2 cm³/mol. The molecule has 0 fully saturated rings. The number of Topliss-reactive ketones (excluding diaryl/α,β-unsaturated/α-hetero) is 1. The van der Waals surface area contributed by atoms with Crippen molar-refractivity contribution in [3.05, 3.63) is 53.1 Å². The number of aryl methyl sites for hydroxylation is 1. The summed E-state index contributed by atoms with van der Waals surface area (Å²) in [7, 11) is 1.70. The number of methoxy groups -OCH3 is 1. The van der Waals surface area contributed by atoms with Crippen LogP contribution in [0.25, 0.3) is 11.1 Å². The molecule has 0 amide bonds. The van der Waals surface area contributed by atoms with Crippen molar-refractivity contribution in [3.8, 4) is 16.9 Å². The number of ether oxygens (including phenoxy) is 1.